The van der Waals surface area contributed by atoms with Crippen LogP contribution in [0.4, 0.5) is 0 Å². The summed E-state index contributed by atoms with van der Waals surface area (Å²) in [5.74, 6) is 0. The van der Waals surface area contributed by atoms with E-state index < -0.39 is 48.9 Å². The Hall–Kier alpha value is -1.09. The summed E-state index contributed by atoms with van der Waals surface area (Å²) in [5.41, 5.74) is -0.781. The van der Waals surface area contributed by atoms with Crippen LogP contribution >= 0.6 is 15.9 Å². The molecule has 66 valence electrons. The van der Waals surface area contributed by atoms with Crippen LogP contribution in [-0.4, -0.2) is 9.78 Å². The van der Waals surface area contributed by atoms with Crippen LogP contribution in [0.25, 0.3) is 5.69 Å². The Bertz CT molecular complexity index is 736. The van der Waals surface area contributed by atoms with Gasteiger partial charge in [0.25, 0.3) is 0 Å². The van der Waals surface area contributed by atoms with Crippen molar-refractivity contribution in [3.05, 3.63) is 46.6 Å². The van der Waals surface area contributed by atoms with Gasteiger partial charge in [0.15, 0.2) is 0 Å². The molecule has 2 nitrogen and oxygen atoms in total. The molecule has 0 saturated carbocycles. The van der Waals surface area contributed by atoms with Crippen LogP contribution in [-0.2, 0) is 0 Å². The van der Waals surface area contributed by atoms with Gasteiger partial charge in [-0.2, -0.15) is 5.10 Å². The summed E-state index contributed by atoms with van der Waals surface area (Å²) < 4.78 is 69.0. The van der Waals surface area contributed by atoms with Crippen LogP contribution < -0.4 is 0 Å². The Morgan fingerprint density at radius 3 is 2.85 bits per heavy atom. The Morgan fingerprint density at radius 1 is 1.46 bits per heavy atom. The maximum absolute atomic E-state index is 7.89. The summed E-state index contributed by atoms with van der Waals surface area (Å²) in [6.45, 7) is -2.60. The maximum Gasteiger partial charge on any atom is 0.0854 e. The van der Waals surface area contributed by atoms with Gasteiger partial charge in [0, 0.05) is 10.3 Å². The average molecular weight is 246 g/mol. The van der Waals surface area contributed by atoms with Crippen LogP contribution in [0, 0.1) is 6.85 Å². The number of benzene rings is 1. The highest BCUT2D eigenvalue weighted by molar-refractivity contribution is 9.10. The van der Waals surface area contributed by atoms with E-state index in [1.165, 1.54) is 0 Å². The summed E-state index contributed by atoms with van der Waals surface area (Å²) in [4.78, 5) is 0. The Labute approximate surface area is 98.0 Å². The molecular weight excluding hydrogens is 228 g/mol. The van der Waals surface area contributed by atoms with Crippen molar-refractivity contribution in [2.24, 2.45) is 0 Å². The summed E-state index contributed by atoms with van der Waals surface area (Å²) in [6, 6.07) is -2.87. The van der Waals surface area contributed by atoms with Crippen LogP contribution in [0.2, 0.25) is 0 Å². The first-order valence-corrected chi connectivity index (χ1v) is 4.10. The third kappa shape index (κ3) is 1.65. The number of para-hydroxylation sites is 1. The molecule has 0 fully saturated rings. The minimum Gasteiger partial charge on any atom is -0.240 e. The van der Waals surface area contributed by atoms with Crippen molar-refractivity contribution in [2.75, 3.05) is 0 Å². The van der Waals surface area contributed by atoms with Gasteiger partial charge in [-0.25, -0.2) is 4.68 Å². The third-order valence-corrected chi connectivity index (χ3v) is 1.86. The second-order valence-electron chi connectivity index (χ2n) is 2.16. The van der Waals surface area contributed by atoms with E-state index in [0.717, 1.165) is 4.68 Å². The Balaban J connectivity index is 2.85. The highest BCUT2D eigenvalue weighted by atomic mass is 79.9. The molecule has 2 aromatic rings. The molecule has 3 heteroatoms. The predicted octanol–water partition coefficient (Wildman–Crippen LogP) is 2.94. The fourth-order valence-electron chi connectivity index (χ4n) is 0.770. The van der Waals surface area contributed by atoms with E-state index in [2.05, 4.69) is 21.0 Å². The number of aromatic nitrogens is 2. The molecule has 0 saturated heterocycles. The van der Waals surface area contributed by atoms with Gasteiger partial charge >= 0.3 is 0 Å². The normalized spacial score (nSPS) is 21.2. The van der Waals surface area contributed by atoms with Crippen LogP contribution in [0.1, 0.15) is 18.0 Å². The second-order valence-corrected chi connectivity index (χ2v) is 2.95. The molecule has 2 rings (SSSR count). The molecule has 1 aromatic carbocycles. The maximum atomic E-state index is 7.89. The Kier molecular flexibility index (Phi) is 0.759. The minimum absolute atomic E-state index is 0.112. The van der Waals surface area contributed by atoms with Gasteiger partial charge in [0.05, 0.1) is 24.1 Å². The van der Waals surface area contributed by atoms with Crippen molar-refractivity contribution in [1.29, 1.82) is 0 Å². The van der Waals surface area contributed by atoms with E-state index in [-0.39, 0.29) is 10.2 Å². The lowest BCUT2D eigenvalue weighted by molar-refractivity contribution is 0.863. The zero-order chi connectivity index (χ0) is 17.0. The number of hydrogen-bond acceptors (Lipinski definition) is 1. The zero-order valence-electron chi connectivity index (χ0n) is 15.3. The molecule has 0 amide bonds. The lowest BCUT2D eigenvalue weighted by Gasteiger charge is -1.98. The van der Waals surface area contributed by atoms with Gasteiger partial charge in [-0.15, -0.1) is 0 Å². The second kappa shape index (κ2) is 3.34. The van der Waals surface area contributed by atoms with Crippen molar-refractivity contribution in [3.63, 3.8) is 0 Å². The molecule has 0 spiro atoms. The first kappa shape index (κ1) is 2.95. The van der Waals surface area contributed by atoms with E-state index in [1.807, 2.05) is 0 Å². The first-order valence-electron chi connectivity index (χ1n) is 7.81. The van der Waals surface area contributed by atoms with Crippen molar-refractivity contribution >= 4 is 15.9 Å². The molecule has 1 heterocycles. The van der Waals surface area contributed by atoms with Crippen molar-refractivity contribution < 1.29 is 12.3 Å². The van der Waals surface area contributed by atoms with E-state index in [4.69, 9.17) is 12.3 Å². The molecule has 0 atom stereocenters. The van der Waals surface area contributed by atoms with Gasteiger partial charge < -0.3 is 0 Å². The standard InChI is InChI=1S/C10H9BrN2/c1-8-10(11)7-13(12-8)9-5-3-2-4-6-9/h2-7H,1H3/i1D3,2D,3D,4D,5D,6D,7D. The van der Waals surface area contributed by atoms with E-state index in [1.54, 1.807) is 0 Å². The van der Waals surface area contributed by atoms with Gasteiger partial charge in [-0.1, -0.05) is 18.1 Å². The summed E-state index contributed by atoms with van der Waals surface area (Å²) >= 11 is 2.95. The van der Waals surface area contributed by atoms with Gasteiger partial charge in [-0.3, -0.25) is 0 Å². The molecule has 0 bridgehead atoms. The number of rotatable bonds is 1. The van der Waals surface area contributed by atoms with Crippen LogP contribution in [0.15, 0.2) is 40.9 Å². The first-order chi connectivity index (χ1) is 9.98. The molecular formula is C10H9BrN2. The van der Waals surface area contributed by atoms with Crippen LogP contribution in [0.5, 0.6) is 0 Å². The van der Waals surface area contributed by atoms with Crippen molar-refractivity contribution in [2.45, 2.75) is 6.85 Å². The number of aryl methyl sites for hydroxylation is 1. The number of nitrogens with zero attached hydrogens (tertiary/aromatic N) is 2. The van der Waals surface area contributed by atoms with E-state index >= 15 is 0 Å². The molecule has 0 aliphatic carbocycles. The topological polar surface area (TPSA) is 17.8 Å². The molecule has 0 aliphatic heterocycles. The van der Waals surface area contributed by atoms with Crippen LogP contribution in [0.3, 0.4) is 0 Å². The SMILES string of the molecule is [2H]c1c([2H])c([2H])c(-n2nc(C([2H])([2H])[2H])c(Br)c2[2H])c([2H])c1[2H]. The summed E-state index contributed by atoms with van der Waals surface area (Å²) in [6.07, 6.45) is -0.412. The fraction of sp³-hybridized carbons (Fsp3) is 0.100. The smallest absolute Gasteiger partial charge is 0.0854 e. The fourth-order valence-corrected chi connectivity index (χ4v) is 1.02. The lowest BCUT2D eigenvalue weighted by Crippen LogP contribution is -1.93. The number of halogens is 1. The van der Waals surface area contributed by atoms with Gasteiger partial charge in [0.2, 0.25) is 0 Å². The molecule has 0 N–H and O–H groups in total. The van der Waals surface area contributed by atoms with Gasteiger partial charge in [0.1, 0.15) is 0 Å². The molecule has 1 aromatic heterocycles. The van der Waals surface area contributed by atoms with Crippen molar-refractivity contribution in [1.82, 2.24) is 9.78 Å². The van der Waals surface area contributed by atoms with Gasteiger partial charge in [-0.05, 0) is 34.9 Å². The molecule has 0 aliphatic rings. The van der Waals surface area contributed by atoms with E-state index in [9.17, 15) is 0 Å². The highest BCUT2D eigenvalue weighted by Crippen LogP contribution is 2.16. The molecule has 13 heavy (non-hydrogen) atoms. The zero-order valence-corrected chi connectivity index (χ0v) is 7.86. The third-order valence-electron chi connectivity index (χ3n) is 1.31. The van der Waals surface area contributed by atoms with Crippen molar-refractivity contribution in [3.8, 4) is 5.69 Å². The lowest BCUT2D eigenvalue weighted by atomic mass is 10.3. The van der Waals surface area contributed by atoms with E-state index in [0.29, 0.717) is 0 Å². The Morgan fingerprint density at radius 2 is 2.23 bits per heavy atom. The summed E-state index contributed by atoms with van der Waals surface area (Å²) in [7, 11) is 0. The quantitative estimate of drug-likeness (QED) is 0.756. The number of hydrogen-bond donors (Lipinski definition) is 0. The molecule has 0 radical (unpaired) electrons. The predicted molar refractivity (Wildman–Crippen MR) is 56.0 cm³/mol. The monoisotopic (exact) mass is 245 g/mol. The minimum atomic E-state index is -2.60. The summed E-state index contributed by atoms with van der Waals surface area (Å²) in [5, 5.41) is 3.74. The average Bonchev–Trinajstić information content (AvgIpc) is 2.72. The molecule has 0 unspecified atom stereocenters. The largest absolute Gasteiger partial charge is 0.240 e. The highest BCUT2D eigenvalue weighted by Gasteiger charge is 2.01.